The van der Waals surface area contributed by atoms with E-state index in [9.17, 15) is 14.3 Å². The minimum Gasteiger partial charge on any atom is -0.374 e. The van der Waals surface area contributed by atoms with Gasteiger partial charge in [-0.3, -0.25) is 4.79 Å². The minimum absolute atomic E-state index is 0.140. The fourth-order valence-electron chi connectivity index (χ4n) is 3.05. The van der Waals surface area contributed by atoms with Crippen molar-refractivity contribution in [1.82, 2.24) is 4.98 Å². The van der Waals surface area contributed by atoms with E-state index < -0.39 is 17.2 Å². The molecule has 1 atom stereocenters. The van der Waals surface area contributed by atoms with Gasteiger partial charge in [0.05, 0.1) is 16.9 Å². The second kappa shape index (κ2) is 4.69. The first-order valence-corrected chi connectivity index (χ1v) is 8.08. The number of hydrogen-bond donors (Lipinski definition) is 1. The fourth-order valence-corrected chi connectivity index (χ4v) is 3.85. The summed E-state index contributed by atoms with van der Waals surface area (Å²) in [5.74, 6) is -0.642. The lowest BCUT2D eigenvalue weighted by molar-refractivity contribution is 0.0601. The van der Waals surface area contributed by atoms with Crippen molar-refractivity contribution >= 4 is 33.6 Å². The average molecular weight is 331 g/mol. The normalized spacial score (nSPS) is 22.9. The third-order valence-corrected chi connectivity index (χ3v) is 5.26. The van der Waals surface area contributed by atoms with E-state index in [-0.39, 0.29) is 12.0 Å². The molecule has 0 spiro atoms. The molecular formula is C16H14FN3O2S. The molecule has 1 aromatic heterocycles. The third kappa shape index (κ3) is 1.96. The quantitative estimate of drug-likeness (QED) is 0.873. The van der Waals surface area contributed by atoms with Gasteiger partial charge in [-0.1, -0.05) is 0 Å². The van der Waals surface area contributed by atoms with Crippen molar-refractivity contribution in [2.45, 2.75) is 25.9 Å². The van der Waals surface area contributed by atoms with Gasteiger partial charge in [0.2, 0.25) is 5.78 Å². The number of anilines is 1. The van der Waals surface area contributed by atoms with Crippen LogP contribution in [-0.2, 0) is 0 Å². The predicted molar refractivity (Wildman–Crippen MR) is 86.3 cm³/mol. The Morgan fingerprint density at radius 3 is 2.87 bits per heavy atom. The van der Waals surface area contributed by atoms with Gasteiger partial charge < -0.3 is 10.0 Å². The van der Waals surface area contributed by atoms with Gasteiger partial charge in [0.25, 0.3) is 0 Å². The van der Waals surface area contributed by atoms with E-state index in [2.05, 4.69) is 9.98 Å². The summed E-state index contributed by atoms with van der Waals surface area (Å²) in [6.07, 6.45) is 1.95. The van der Waals surface area contributed by atoms with Crippen LogP contribution in [0.15, 0.2) is 23.3 Å². The van der Waals surface area contributed by atoms with Gasteiger partial charge in [-0.15, -0.1) is 11.3 Å². The molecule has 4 rings (SSSR count). The molecule has 3 heterocycles. The van der Waals surface area contributed by atoms with E-state index in [0.29, 0.717) is 23.6 Å². The number of aliphatic imine (C=N–C) groups is 1. The van der Waals surface area contributed by atoms with Gasteiger partial charge >= 0.3 is 0 Å². The standard InChI is InChI=1S/C16H14FN3O2S/c1-8-5-12-10(6-11(8)17)14(21)16(22)3-4-20(15(16)19-12)13-7-18-9(2)23-13/h5-7,22H,3-4H2,1-2H3. The molecule has 0 saturated carbocycles. The first-order valence-electron chi connectivity index (χ1n) is 7.26. The molecule has 2 aliphatic heterocycles. The molecule has 1 N–H and O–H groups in total. The lowest BCUT2D eigenvalue weighted by atomic mass is 9.87. The molecule has 0 bridgehead atoms. The maximum absolute atomic E-state index is 13.8. The van der Waals surface area contributed by atoms with Crippen LogP contribution in [-0.4, -0.2) is 33.9 Å². The van der Waals surface area contributed by atoms with Crippen molar-refractivity contribution in [2.24, 2.45) is 4.99 Å². The summed E-state index contributed by atoms with van der Waals surface area (Å²) in [6, 6.07) is 2.72. The summed E-state index contributed by atoms with van der Waals surface area (Å²) in [7, 11) is 0. The number of carbonyl (C=O) groups excluding carboxylic acids is 1. The molecule has 7 heteroatoms. The van der Waals surface area contributed by atoms with Crippen molar-refractivity contribution in [3.8, 4) is 0 Å². The van der Waals surface area contributed by atoms with Gasteiger partial charge in [-0.2, -0.15) is 0 Å². The molecule has 1 saturated heterocycles. The number of nitrogens with zero attached hydrogens (tertiary/aromatic N) is 3. The number of hydrogen-bond acceptors (Lipinski definition) is 6. The van der Waals surface area contributed by atoms with Crippen LogP contribution < -0.4 is 4.90 Å². The van der Waals surface area contributed by atoms with Gasteiger partial charge in [-0.25, -0.2) is 14.4 Å². The molecule has 2 aliphatic rings. The van der Waals surface area contributed by atoms with Crippen molar-refractivity contribution in [1.29, 1.82) is 0 Å². The highest BCUT2D eigenvalue weighted by Gasteiger charge is 2.52. The SMILES string of the molecule is Cc1ncc(N2CCC3(O)C(=O)c4cc(F)c(C)cc4N=C23)s1. The van der Waals surface area contributed by atoms with Crippen LogP contribution in [0.1, 0.15) is 27.3 Å². The van der Waals surface area contributed by atoms with E-state index >= 15 is 0 Å². The van der Waals surface area contributed by atoms with Crippen LogP contribution in [0.3, 0.4) is 0 Å². The molecule has 1 unspecified atom stereocenters. The largest absolute Gasteiger partial charge is 0.374 e. The number of halogens is 1. The topological polar surface area (TPSA) is 65.8 Å². The van der Waals surface area contributed by atoms with Gasteiger partial charge in [0.1, 0.15) is 10.8 Å². The first kappa shape index (κ1) is 14.5. The molecule has 23 heavy (non-hydrogen) atoms. The van der Waals surface area contributed by atoms with Crippen LogP contribution in [0.4, 0.5) is 15.1 Å². The number of fused-ring (bicyclic) bond motifs is 2. The highest BCUT2D eigenvalue weighted by atomic mass is 32.1. The number of benzene rings is 1. The molecular weight excluding hydrogens is 317 g/mol. The van der Waals surface area contributed by atoms with Crippen LogP contribution in [0, 0.1) is 19.7 Å². The smallest absolute Gasteiger partial charge is 0.204 e. The Morgan fingerprint density at radius 2 is 2.17 bits per heavy atom. The summed E-state index contributed by atoms with van der Waals surface area (Å²) in [5.41, 5.74) is -0.722. The summed E-state index contributed by atoms with van der Waals surface area (Å²) in [6.45, 7) is 3.99. The Balaban J connectivity index is 1.89. The zero-order valence-electron chi connectivity index (χ0n) is 12.6. The predicted octanol–water partition coefficient (Wildman–Crippen LogP) is 2.77. The Bertz CT molecular complexity index is 876. The summed E-state index contributed by atoms with van der Waals surface area (Å²) < 4.78 is 13.8. The molecule has 0 amide bonds. The summed E-state index contributed by atoms with van der Waals surface area (Å²) in [4.78, 5) is 23.3. The highest BCUT2D eigenvalue weighted by molar-refractivity contribution is 7.15. The van der Waals surface area contributed by atoms with E-state index in [0.717, 1.165) is 10.0 Å². The maximum atomic E-state index is 13.8. The second-order valence-electron chi connectivity index (χ2n) is 5.86. The number of carbonyl (C=O) groups is 1. The maximum Gasteiger partial charge on any atom is 0.204 e. The fraction of sp³-hybridized carbons (Fsp3) is 0.312. The highest BCUT2D eigenvalue weighted by Crippen LogP contribution is 2.41. The Kier molecular flexibility index (Phi) is 2.95. The van der Waals surface area contributed by atoms with E-state index in [1.165, 1.54) is 17.4 Å². The Labute approximate surface area is 136 Å². The Hall–Kier alpha value is -2.12. The van der Waals surface area contributed by atoms with Gasteiger partial charge in [-0.05, 0) is 31.5 Å². The van der Waals surface area contributed by atoms with Crippen LogP contribution in [0.2, 0.25) is 0 Å². The molecule has 2 aromatic rings. The Morgan fingerprint density at radius 1 is 1.39 bits per heavy atom. The lowest BCUT2D eigenvalue weighted by Gasteiger charge is -2.29. The number of Topliss-reactive ketones (excluding diaryl/α,β-unsaturated/α-hetero) is 1. The monoisotopic (exact) mass is 331 g/mol. The molecule has 0 aliphatic carbocycles. The van der Waals surface area contributed by atoms with E-state index in [4.69, 9.17) is 0 Å². The number of amidine groups is 1. The first-order chi connectivity index (χ1) is 10.9. The summed E-state index contributed by atoms with van der Waals surface area (Å²) >= 11 is 1.48. The number of aliphatic hydroxyl groups is 1. The number of ketones is 1. The van der Waals surface area contributed by atoms with E-state index in [1.54, 1.807) is 19.2 Å². The number of thiazole rings is 1. The zero-order valence-corrected chi connectivity index (χ0v) is 13.4. The molecule has 5 nitrogen and oxygen atoms in total. The van der Waals surface area contributed by atoms with Crippen molar-refractivity contribution in [2.75, 3.05) is 11.4 Å². The van der Waals surface area contributed by atoms with Crippen LogP contribution in [0.25, 0.3) is 0 Å². The van der Waals surface area contributed by atoms with Crippen molar-refractivity contribution in [3.05, 3.63) is 40.3 Å². The summed E-state index contributed by atoms with van der Waals surface area (Å²) in [5, 5.41) is 12.6. The number of aromatic nitrogens is 1. The average Bonchev–Trinajstić information content (AvgIpc) is 3.07. The van der Waals surface area contributed by atoms with Crippen LogP contribution in [0.5, 0.6) is 0 Å². The lowest BCUT2D eigenvalue weighted by Crippen LogP contribution is -2.48. The molecule has 1 aromatic carbocycles. The number of aryl methyl sites for hydroxylation is 2. The molecule has 118 valence electrons. The molecule has 0 radical (unpaired) electrons. The van der Waals surface area contributed by atoms with Crippen LogP contribution >= 0.6 is 11.3 Å². The van der Waals surface area contributed by atoms with Gasteiger partial charge in [0, 0.05) is 18.5 Å². The zero-order chi connectivity index (χ0) is 16.4. The van der Waals surface area contributed by atoms with Crippen molar-refractivity contribution in [3.63, 3.8) is 0 Å². The third-order valence-electron chi connectivity index (χ3n) is 4.32. The second-order valence-corrected chi connectivity index (χ2v) is 7.08. The number of rotatable bonds is 1. The van der Waals surface area contributed by atoms with Crippen molar-refractivity contribution < 1.29 is 14.3 Å². The molecule has 1 fully saturated rings. The van der Waals surface area contributed by atoms with Gasteiger partial charge in [0.15, 0.2) is 11.4 Å². The van der Waals surface area contributed by atoms with E-state index in [1.807, 2.05) is 11.8 Å². The minimum atomic E-state index is -1.69.